The lowest BCUT2D eigenvalue weighted by Gasteiger charge is -2.20. The minimum atomic E-state index is -3.94. The van der Waals surface area contributed by atoms with Gasteiger partial charge in [-0.05, 0) is 52.0 Å². The molecule has 0 aliphatic rings. The van der Waals surface area contributed by atoms with Gasteiger partial charge in [-0.3, -0.25) is 14.9 Å². The number of ether oxygens (including phenoxy) is 1. The first kappa shape index (κ1) is 20.5. The van der Waals surface area contributed by atoms with Crippen molar-refractivity contribution in [3.8, 4) is 11.5 Å². The van der Waals surface area contributed by atoms with E-state index in [0.717, 1.165) is 6.07 Å². The number of benzene rings is 2. The monoisotopic (exact) mass is 392 g/mol. The molecule has 0 heterocycles. The van der Waals surface area contributed by atoms with E-state index < -0.39 is 26.2 Å². The van der Waals surface area contributed by atoms with Gasteiger partial charge in [0.25, 0.3) is 0 Å². The van der Waals surface area contributed by atoms with Gasteiger partial charge >= 0.3 is 5.69 Å². The number of carbonyl (C=O) groups is 1. The third kappa shape index (κ3) is 5.35. The Bertz CT molecular complexity index is 993. The van der Waals surface area contributed by atoms with Gasteiger partial charge in [-0.1, -0.05) is 12.1 Å². The fraction of sp³-hybridized carbons (Fsp3) is 0.278. The predicted molar refractivity (Wildman–Crippen MR) is 99.7 cm³/mol. The smallest absolute Gasteiger partial charge is 0.312 e. The number of nitro groups is 1. The van der Waals surface area contributed by atoms with Gasteiger partial charge in [0.15, 0.2) is 5.78 Å². The maximum absolute atomic E-state index is 12.4. The summed E-state index contributed by atoms with van der Waals surface area (Å²) in [5.41, 5.74) is -0.848. The van der Waals surface area contributed by atoms with E-state index in [2.05, 4.69) is 4.72 Å². The van der Waals surface area contributed by atoms with Crippen molar-refractivity contribution in [2.45, 2.75) is 38.1 Å². The van der Waals surface area contributed by atoms with Gasteiger partial charge in [-0.25, -0.2) is 13.1 Å². The number of hydrogen-bond acceptors (Lipinski definition) is 6. The quantitative estimate of drug-likeness (QED) is 0.455. The van der Waals surface area contributed by atoms with Gasteiger partial charge in [0.1, 0.15) is 5.75 Å². The molecule has 0 saturated carbocycles. The molecule has 0 radical (unpaired) electrons. The zero-order valence-corrected chi connectivity index (χ0v) is 16.2. The molecule has 144 valence electrons. The predicted octanol–water partition coefficient (Wildman–Crippen LogP) is 3.67. The SMILES string of the molecule is CC(=O)c1cccc(Oc2ccc(S(=O)(=O)NC(C)(C)C)cc2[N+](=O)[O-])c1. The van der Waals surface area contributed by atoms with Crippen molar-refractivity contribution in [1.29, 1.82) is 0 Å². The summed E-state index contributed by atoms with van der Waals surface area (Å²) in [5, 5.41) is 11.4. The van der Waals surface area contributed by atoms with E-state index in [1.54, 1.807) is 39.0 Å². The van der Waals surface area contributed by atoms with Crippen molar-refractivity contribution < 1.29 is 22.9 Å². The van der Waals surface area contributed by atoms with E-state index in [0.29, 0.717) is 5.56 Å². The lowest BCUT2D eigenvalue weighted by Crippen LogP contribution is -2.40. The largest absolute Gasteiger partial charge is 0.450 e. The topological polar surface area (TPSA) is 116 Å². The number of rotatable bonds is 6. The molecule has 2 aromatic rings. The van der Waals surface area contributed by atoms with Crippen LogP contribution in [0.2, 0.25) is 0 Å². The Balaban J connectivity index is 2.43. The van der Waals surface area contributed by atoms with E-state index >= 15 is 0 Å². The number of hydrogen-bond donors (Lipinski definition) is 1. The fourth-order valence-electron chi connectivity index (χ4n) is 2.26. The van der Waals surface area contributed by atoms with Crippen LogP contribution < -0.4 is 9.46 Å². The molecule has 27 heavy (non-hydrogen) atoms. The summed E-state index contributed by atoms with van der Waals surface area (Å²) in [6.45, 7) is 6.39. The van der Waals surface area contributed by atoms with E-state index in [-0.39, 0.29) is 22.2 Å². The average Bonchev–Trinajstić information content (AvgIpc) is 2.52. The molecule has 0 unspecified atom stereocenters. The molecule has 2 rings (SSSR count). The van der Waals surface area contributed by atoms with E-state index in [1.807, 2.05) is 0 Å². The first-order valence-electron chi connectivity index (χ1n) is 8.00. The molecule has 0 aliphatic heterocycles. The molecule has 8 nitrogen and oxygen atoms in total. The normalized spacial score (nSPS) is 11.9. The summed E-state index contributed by atoms with van der Waals surface area (Å²) < 4.78 is 32.8. The highest BCUT2D eigenvalue weighted by Gasteiger charge is 2.26. The third-order valence-electron chi connectivity index (χ3n) is 3.35. The first-order valence-corrected chi connectivity index (χ1v) is 9.49. The Labute approximate surface area is 157 Å². The molecule has 0 fully saturated rings. The van der Waals surface area contributed by atoms with Crippen LogP contribution in [0.5, 0.6) is 11.5 Å². The minimum absolute atomic E-state index is 0.129. The molecule has 0 bridgehead atoms. The van der Waals surface area contributed by atoms with Crippen LogP contribution in [0, 0.1) is 10.1 Å². The number of carbonyl (C=O) groups excluding carboxylic acids is 1. The van der Waals surface area contributed by atoms with Crippen molar-refractivity contribution in [3.05, 3.63) is 58.1 Å². The van der Waals surface area contributed by atoms with E-state index in [4.69, 9.17) is 4.74 Å². The number of nitrogens with one attached hydrogen (secondary N) is 1. The van der Waals surface area contributed by atoms with Gasteiger partial charge in [0, 0.05) is 17.2 Å². The summed E-state index contributed by atoms with van der Waals surface area (Å²) >= 11 is 0. The second kappa shape index (κ2) is 7.45. The molecule has 9 heteroatoms. The zero-order valence-electron chi connectivity index (χ0n) is 15.3. The van der Waals surface area contributed by atoms with Crippen molar-refractivity contribution in [3.63, 3.8) is 0 Å². The van der Waals surface area contributed by atoms with Crippen LogP contribution in [0.4, 0.5) is 5.69 Å². The highest BCUT2D eigenvalue weighted by Crippen LogP contribution is 2.34. The van der Waals surface area contributed by atoms with Crippen molar-refractivity contribution in [2.75, 3.05) is 0 Å². The standard InChI is InChI=1S/C18H20N2O6S/c1-12(21)13-6-5-7-14(10-13)26-17-9-8-15(11-16(17)20(22)23)27(24,25)19-18(2,3)4/h5-11,19H,1-4H3. The van der Waals surface area contributed by atoms with Crippen LogP contribution >= 0.6 is 0 Å². The highest BCUT2D eigenvalue weighted by atomic mass is 32.2. The molecular weight excluding hydrogens is 372 g/mol. The number of sulfonamides is 1. The Hall–Kier alpha value is -2.78. The Morgan fingerprint density at radius 1 is 1.15 bits per heavy atom. The molecule has 0 amide bonds. The van der Waals surface area contributed by atoms with Crippen molar-refractivity contribution >= 4 is 21.5 Å². The molecule has 0 atom stereocenters. The van der Waals surface area contributed by atoms with Gasteiger partial charge in [0.2, 0.25) is 15.8 Å². The number of ketones is 1. The number of nitrogens with zero attached hydrogens (tertiary/aromatic N) is 1. The second-order valence-corrected chi connectivity index (χ2v) is 8.61. The average molecular weight is 392 g/mol. The van der Waals surface area contributed by atoms with E-state index in [1.165, 1.54) is 25.1 Å². The zero-order chi connectivity index (χ0) is 20.4. The Kier molecular flexibility index (Phi) is 5.67. The minimum Gasteiger partial charge on any atom is -0.450 e. The van der Waals surface area contributed by atoms with Crippen LogP contribution in [0.25, 0.3) is 0 Å². The van der Waals surface area contributed by atoms with E-state index in [9.17, 15) is 23.3 Å². The summed E-state index contributed by atoms with van der Waals surface area (Å²) in [7, 11) is -3.94. The molecule has 2 aromatic carbocycles. The maximum atomic E-state index is 12.4. The van der Waals surface area contributed by atoms with Crippen LogP contribution in [0.3, 0.4) is 0 Å². The van der Waals surface area contributed by atoms with Crippen molar-refractivity contribution in [1.82, 2.24) is 4.72 Å². The molecule has 0 aromatic heterocycles. The maximum Gasteiger partial charge on any atom is 0.312 e. The van der Waals surface area contributed by atoms with Crippen LogP contribution in [-0.2, 0) is 10.0 Å². The van der Waals surface area contributed by atoms with Gasteiger partial charge in [0.05, 0.1) is 9.82 Å². The summed E-state index contributed by atoms with van der Waals surface area (Å²) in [6, 6.07) is 9.57. The second-order valence-electron chi connectivity index (χ2n) is 6.93. The van der Waals surface area contributed by atoms with Gasteiger partial charge in [-0.15, -0.1) is 0 Å². The third-order valence-corrected chi connectivity index (χ3v) is 5.10. The summed E-state index contributed by atoms with van der Waals surface area (Å²) in [6.07, 6.45) is 0. The van der Waals surface area contributed by atoms with Gasteiger partial charge < -0.3 is 4.74 Å². The van der Waals surface area contributed by atoms with Crippen LogP contribution in [-0.4, -0.2) is 24.7 Å². The van der Waals surface area contributed by atoms with Crippen LogP contribution in [0.1, 0.15) is 38.1 Å². The molecule has 1 N–H and O–H groups in total. The first-order chi connectivity index (χ1) is 12.4. The van der Waals surface area contributed by atoms with Crippen molar-refractivity contribution in [2.24, 2.45) is 0 Å². The fourth-order valence-corrected chi connectivity index (χ4v) is 3.70. The molecular formula is C18H20N2O6S. The Morgan fingerprint density at radius 2 is 1.81 bits per heavy atom. The molecule has 0 spiro atoms. The number of nitro benzene ring substituents is 1. The lowest BCUT2D eigenvalue weighted by molar-refractivity contribution is -0.385. The molecule has 0 aliphatic carbocycles. The molecule has 0 saturated heterocycles. The lowest BCUT2D eigenvalue weighted by atomic mass is 10.1. The van der Waals surface area contributed by atoms with Gasteiger partial charge in [-0.2, -0.15) is 0 Å². The number of Topliss-reactive ketones (excluding diaryl/α,β-unsaturated/α-hetero) is 1. The van der Waals surface area contributed by atoms with Crippen LogP contribution in [0.15, 0.2) is 47.4 Å². The summed E-state index contributed by atoms with van der Waals surface area (Å²) in [4.78, 5) is 21.9. The Morgan fingerprint density at radius 3 is 2.37 bits per heavy atom. The summed E-state index contributed by atoms with van der Waals surface area (Å²) in [5.74, 6) is -0.0747. The highest BCUT2D eigenvalue weighted by molar-refractivity contribution is 7.89.